The molecule has 0 saturated carbocycles. The number of halogens is 1. The van der Waals surface area contributed by atoms with E-state index in [2.05, 4.69) is 53.6 Å². The minimum Gasteiger partial charge on any atom is -0.367 e. The van der Waals surface area contributed by atoms with Crippen LogP contribution < -0.4 is 4.90 Å². The highest BCUT2D eigenvalue weighted by atomic mass is 35.5. The number of hydrogen-bond acceptors (Lipinski definition) is 2. The maximum Gasteiger partial charge on any atom is 0.0522 e. The molecule has 90 valence electrons. The van der Waals surface area contributed by atoms with Crippen molar-refractivity contribution in [1.29, 1.82) is 0 Å². The number of rotatable bonds is 5. The summed E-state index contributed by atoms with van der Waals surface area (Å²) in [6.07, 6.45) is 0. The minimum atomic E-state index is 0.581. The Kier molecular flexibility index (Phi) is 4.46. The predicted molar refractivity (Wildman–Crippen MR) is 77.0 cm³/mol. The lowest BCUT2D eigenvalue weighted by atomic mass is 10.2. The fourth-order valence-corrected chi connectivity index (χ4v) is 2.67. The van der Waals surface area contributed by atoms with Gasteiger partial charge in [0.1, 0.15) is 0 Å². The van der Waals surface area contributed by atoms with E-state index in [4.69, 9.17) is 11.6 Å². The molecule has 2 rings (SSSR count). The van der Waals surface area contributed by atoms with E-state index in [1.54, 1.807) is 11.3 Å². The zero-order valence-electron chi connectivity index (χ0n) is 9.90. The van der Waals surface area contributed by atoms with Crippen LogP contribution in [-0.4, -0.2) is 6.54 Å². The summed E-state index contributed by atoms with van der Waals surface area (Å²) in [6.45, 7) is 4.18. The number of nitrogens with zero attached hydrogens (tertiary/aromatic N) is 1. The molecule has 0 atom stereocenters. The molecule has 1 aromatic heterocycles. The van der Waals surface area contributed by atoms with E-state index in [0.29, 0.717) is 5.88 Å². The Morgan fingerprint density at radius 3 is 2.47 bits per heavy atom. The lowest BCUT2D eigenvalue weighted by Crippen LogP contribution is -2.21. The second-order valence-corrected chi connectivity index (χ2v) is 5.19. The van der Waals surface area contributed by atoms with Crippen molar-refractivity contribution >= 4 is 28.6 Å². The smallest absolute Gasteiger partial charge is 0.0522 e. The van der Waals surface area contributed by atoms with Crippen molar-refractivity contribution in [3.8, 4) is 0 Å². The number of alkyl halides is 1. The van der Waals surface area contributed by atoms with E-state index in [1.807, 2.05) is 0 Å². The zero-order chi connectivity index (χ0) is 12.1. The van der Waals surface area contributed by atoms with E-state index in [1.165, 1.54) is 16.1 Å². The fourth-order valence-electron chi connectivity index (χ4n) is 1.77. The molecule has 0 amide bonds. The molecule has 1 aromatic carbocycles. The van der Waals surface area contributed by atoms with Gasteiger partial charge < -0.3 is 4.90 Å². The van der Waals surface area contributed by atoms with Crippen LogP contribution in [0.15, 0.2) is 41.8 Å². The van der Waals surface area contributed by atoms with Gasteiger partial charge in [-0.05, 0) is 36.1 Å². The van der Waals surface area contributed by atoms with E-state index in [0.717, 1.165) is 13.1 Å². The highest BCUT2D eigenvalue weighted by molar-refractivity contribution is 7.09. The van der Waals surface area contributed by atoms with Crippen LogP contribution in [0.5, 0.6) is 0 Å². The summed E-state index contributed by atoms with van der Waals surface area (Å²) >= 11 is 7.60. The molecule has 0 bridgehead atoms. The number of benzene rings is 1. The normalized spacial score (nSPS) is 10.5. The van der Waals surface area contributed by atoms with Gasteiger partial charge in [-0.1, -0.05) is 18.2 Å². The summed E-state index contributed by atoms with van der Waals surface area (Å²) in [4.78, 5) is 3.76. The number of anilines is 1. The standard InChI is InChI=1S/C14H16ClNS/c1-2-16(11-14-4-3-9-17-14)13-7-5-12(10-15)6-8-13/h3-9H,2,10-11H2,1H3. The van der Waals surface area contributed by atoms with Gasteiger partial charge in [-0.25, -0.2) is 0 Å². The Labute approximate surface area is 112 Å². The zero-order valence-corrected chi connectivity index (χ0v) is 11.5. The second kappa shape index (κ2) is 6.08. The molecule has 0 aliphatic rings. The summed E-state index contributed by atoms with van der Waals surface area (Å²) in [5.74, 6) is 0.581. The Morgan fingerprint density at radius 2 is 1.94 bits per heavy atom. The third-order valence-electron chi connectivity index (χ3n) is 2.76. The predicted octanol–water partition coefficient (Wildman–Crippen LogP) is 4.51. The minimum absolute atomic E-state index is 0.581. The van der Waals surface area contributed by atoms with Gasteiger partial charge in [-0.15, -0.1) is 22.9 Å². The highest BCUT2D eigenvalue weighted by Crippen LogP contribution is 2.20. The molecule has 1 nitrogen and oxygen atoms in total. The van der Waals surface area contributed by atoms with E-state index in [9.17, 15) is 0 Å². The molecule has 0 N–H and O–H groups in total. The first-order valence-corrected chi connectivity index (χ1v) is 7.17. The lowest BCUT2D eigenvalue weighted by molar-refractivity contribution is 0.842. The molecule has 1 heterocycles. The number of hydrogen-bond donors (Lipinski definition) is 0. The van der Waals surface area contributed by atoms with Crippen LogP contribution in [0.4, 0.5) is 5.69 Å². The quantitative estimate of drug-likeness (QED) is 0.719. The first kappa shape index (κ1) is 12.5. The molecular formula is C14H16ClNS. The van der Waals surface area contributed by atoms with Crippen LogP contribution in [0.2, 0.25) is 0 Å². The van der Waals surface area contributed by atoms with Crippen molar-refractivity contribution in [2.24, 2.45) is 0 Å². The summed E-state index contributed by atoms with van der Waals surface area (Å²) in [7, 11) is 0. The van der Waals surface area contributed by atoms with Gasteiger partial charge in [0, 0.05) is 23.0 Å². The lowest BCUT2D eigenvalue weighted by Gasteiger charge is -2.22. The van der Waals surface area contributed by atoms with E-state index >= 15 is 0 Å². The first-order valence-electron chi connectivity index (χ1n) is 5.75. The van der Waals surface area contributed by atoms with Crippen LogP contribution >= 0.6 is 22.9 Å². The van der Waals surface area contributed by atoms with Gasteiger partial charge >= 0.3 is 0 Å². The van der Waals surface area contributed by atoms with E-state index in [-0.39, 0.29) is 0 Å². The third-order valence-corrected chi connectivity index (χ3v) is 3.93. The highest BCUT2D eigenvalue weighted by Gasteiger charge is 2.05. The Morgan fingerprint density at radius 1 is 1.18 bits per heavy atom. The van der Waals surface area contributed by atoms with Gasteiger partial charge in [-0.3, -0.25) is 0 Å². The van der Waals surface area contributed by atoms with Crippen molar-refractivity contribution in [2.45, 2.75) is 19.3 Å². The van der Waals surface area contributed by atoms with Crippen LogP contribution in [0.25, 0.3) is 0 Å². The van der Waals surface area contributed by atoms with Crippen LogP contribution in [0.3, 0.4) is 0 Å². The van der Waals surface area contributed by atoms with Gasteiger partial charge in [-0.2, -0.15) is 0 Å². The molecule has 2 aromatic rings. The summed E-state index contributed by atoms with van der Waals surface area (Å²) in [5.41, 5.74) is 2.43. The number of thiophene rings is 1. The molecule has 0 aliphatic heterocycles. The van der Waals surface area contributed by atoms with Crippen molar-refractivity contribution in [1.82, 2.24) is 0 Å². The van der Waals surface area contributed by atoms with Crippen LogP contribution in [0.1, 0.15) is 17.4 Å². The van der Waals surface area contributed by atoms with Gasteiger partial charge in [0.25, 0.3) is 0 Å². The van der Waals surface area contributed by atoms with Crippen LogP contribution in [0, 0.1) is 0 Å². The monoisotopic (exact) mass is 265 g/mol. The summed E-state index contributed by atoms with van der Waals surface area (Å²) in [5, 5.41) is 2.12. The fraction of sp³-hybridized carbons (Fsp3) is 0.286. The largest absolute Gasteiger partial charge is 0.367 e. The first-order chi connectivity index (χ1) is 8.33. The maximum atomic E-state index is 5.80. The molecule has 0 fully saturated rings. The van der Waals surface area contributed by atoms with E-state index < -0.39 is 0 Å². The molecule has 17 heavy (non-hydrogen) atoms. The average Bonchev–Trinajstić information content (AvgIpc) is 2.89. The Balaban J connectivity index is 2.11. The summed E-state index contributed by atoms with van der Waals surface area (Å²) < 4.78 is 0. The molecule has 0 spiro atoms. The molecule has 0 unspecified atom stereocenters. The van der Waals surface area contributed by atoms with Gasteiger partial charge in [0.05, 0.1) is 6.54 Å². The second-order valence-electron chi connectivity index (χ2n) is 3.89. The third kappa shape index (κ3) is 3.24. The van der Waals surface area contributed by atoms with Gasteiger partial charge in [0.15, 0.2) is 0 Å². The Bertz CT molecular complexity index is 436. The van der Waals surface area contributed by atoms with Crippen LogP contribution in [-0.2, 0) is 12.4 Å². The molecule has 3 heteroatoms. The van der Waals surface area contributed by atoms with Crippen molar-refractivity contribution in [3.63, 3.8) is 0 Å². The SMILES string of the molecule is CCN(Cc1cccs1)c1ccc(CCl)cc1. The molecule has 0 radical (unpaired) electrons. The average molecular weight is 266 g/mol. The molecular weight excluding hydrogens is 250 g/mol. The van der Waals surface area contributed by atoms with Crippen molar-refractivity contribution in [2.75, 3.05) is 11.4 Å². The topological polar surface area (TPSA) is 3.24 Å². The van der Waals surface area contributed by atoms with Gasteiger partial charge in [0.2, 0.25) is 0 Å². The summed E-state index contributed by atoms with van der Waals surface area (Å²) in [6, 6.07) is 12.8. The molecule has 0 saturated heterocycles. The molecule has 0 aliphatic carbocycles. The maximum absolute atomic E-state index is 5.80. The van der Waals surface area contributed by atoms with Crippen molar-refractivity contribution < 1.29 is 0 Å². The Hall–Kier alpha value is -0.990. The van der Waals surface area contributed by atoms with Crippen molar-refractivity contribution in [3.05, 3.63) is 52.2 Å².